The number of Topliss-reactive ketones (excluding diaryl/α,β-unsaturated/α-hetero) is 1. The third kappa shape index (κ3) is 6.25. The first-order valence-electron chi connectivity index (χ1n) is 15.5. The topological polar surface area (TPSA) is 314 Å². The van der Waals surface area contributed by atoms with Crippen LogP contribution in [0.2, 0.25) is 0 Å². The molecule has 5 N–H and O–H groups in total. The van der Waals surface area contributed by atoms with Gasteiger partial charge in [-0.05, 0) is 13.8 Å². The molecular formula is C30H26N20O4. The maximum absolute atomic E-state index is 12.5. The molecule has 0 aliphatic rings. The van der Waals surface area contributed by atoms with Crippen molar-refractivity contribution < 1.29 is 19.4 Å². The van der Waals surface area contributed by atoms with Crippen LogP contribution in [-0.4, -0.2) is 99.6 Å². The average Bonchev–Trinajstić information content (AvgIpc) is 3.96. The number of nitrogens with zero attached hydrogens (tertiary/aromatic N) is 18. The van der Waals surface area contributed by atoms with Crippen molar-refractivity contribution in [2.45, 2.75) is 13.8 Å². The zero-order valence-electron chi connectivity index (χ0n) is 28.4. The van der Waals surface area contributed by atoms with Crippen molar-refractivity contribution in [3.8, 4) is 23.3 Å². The van der Waals surface area contributed by atoms with E-state index in [0.29, 0.717) is 11.4 Å². The van der Waals surface area contributed by atoms with E-state index in [1.807, 2.05) is 0 Å². The molecule has 54 heavy (non-hydrogen) atoms. The van der Waals surface area contributed by atoms with E-state index in [0.717, 1.165) is 0 Å². The maximum atomic E-state index is 12.5. The fraction of sp³-hybridized carbons (Fsp3) is 0.133. The third-order valence-electron chi connectivity index (χ3n) is 7.56. The van der Waals surface area contributed by atoms with Crippen molar-refractivity contribution in [1.29, 1.82) is 0 Å². The van der Waals surface area contributed by atoms with Gasteiger partial charge in [0.1, 0.15) is 18.5 Å². The highest BCUT2D eigenvalue weighted by Crippen LogP contribution is 2.34. The smallest absolute Gasteiger partial charge is 0.343 e. The number of methoxy groups -OCH3 is 1. The van der Waals surface area contributed by atoms with E-state index in [4.69, 9.17) is 16.2 Å². The minimum absolute atomic E-state index is 0.00186. The lowest BCUT2D eigenvalue weighted by Gasteiger charge is -2.07. The minimum Gasteiger partial charge on any atom is -0.465 e. The largest absolute Gasteiger partial charge is 0.465 e. The molecule has 0 aliphatic heterocycles. The van der Waals surface area contributed by atoms with Crippen molar-refractivity contribution in [3.05, 3.63) is 84.5 Å². The molecule has 0 bridgehead atoms. The first kappa shape index (κ1) is 34.4. The summed E-state index contributed by atoms with van der Waals surface area (Å²) >= 11 is 0. The molecule has 0 fully saturated rings. The van der Waals surface area contributed by atoms with Gasteiger partial charge in [0.05, 0.1) is 48.8 Å². The Labute approximate surface area is 302 Å². The standard InChI is InChI=1S/C30H26N20O4/c1-15-24(41-43-28-17(19(52)13-51)9-39-49(28)22-11-33-4-6-35-22)26(31)47(45-15)20-8-21(38-14-37-20)48-27(32)25(16(2)46-48)42-44-29-18(30(53)54-3)10-40-50(29)23-12-34-5-7-36-23/h4-12,14,51H,13,31-32H2,1-3H3/b43-41+,44-42+. The molecule has 0 amide bonds. The molecule has 24 nitrogen and oxygen atoms in total. The lowest BCUT2D eigenvalue weighted by molar-refractivity contribution is 0.0601. The van der Waals surface area contributed by atoms with E-state index in [-0.39, 0.29) is 69.0 Å². The van der Waals surface area contributed by atoms with Gasteiger partial charge in [-0.2, -0.15) is 39.1 Å². The van der Waals surface area contributed by atoms with Crippen molar-refractivity contribution >= 4 is 46.4 Å². The summed E-state index contributed by atoms with van der Waals surface area (Å²) < 4.78 is 10.0. The Morgan fingerprint density at radius 1 is 0.685 bits per heavy atom. The number of esters is 1. The summed E-state index contributed by atoms with van der Waals surface area (Å²) in [7, 11) is 1.23. The molecule has 7 aromatic heterocycles. The Bertz CT molecular complexity index is 2400. The highest BCUT2D eigenvalue weighted by atomic mass is 16.5. The first-order valence-corrected chi connectivity index (χ1v) is 15.5. The Kier molecular flexibility index (Phi) is 9.12. The van der Waals surface area contributed by atoms with Gasteiger partial charge >= 0.3 is 5.97 Å². The first-order chi connectivity index (χ1) is 26.2. The van der Waals surface area contributed by atoms with Gasteiger partial charge < -0.3 is 21.3 Å². The van der Waals surface area contributed by atoms with Gasteiger partial charge in [-0.15, -0.1) is 20.5 Å². The van der Waals surface area contributed by atoms with Crippen LogP contribution >= 0.6 is 0 Å². The maximum Gasteiger partial charge on any atom is 0.343 e. The predicted octanol–water partition coefficient (Wildman–Crippen LogP) is 2.37. The highest BCUT2D eigenvalue weighted by Gasteiger charge is 2.23. The van der Waals surface area contributed by atoms with E-state index in [1.54, 1.807) is 13.8 Å². The molecule has 7 rings (SSSR count). The Morgan fingerprint density at radius 2 is 1.19 bits per heavy atom. The quantitative estimate of drug-likeness (QED) is 0.0977. The molecule has 7 heterocycles. The number of aliphatic hydroxyl groups is 1. The normalized spacial score (nSPS) is 11.6. The number of hydrogen-bond acceptors (Lipinski definition) is 20. The fourth-order valence-corrected chi connectivity index (χ4v) is 4.98. The van der Waals surface area contributed by atoms with E-state index in [9.17, 15) is 14.7 Å². The Morgan fingerprint density at radius 3 is 1.65 bits per heavy atom. The number of nitrogen functional groups attached to an aromatic ring is 2. The van der Waals surface area contributed by atoms with Crippen LogP contribution in [0.4, 0.5) is 34.6 Å². The molecule has 0 spiro atoms. The summed E-state index contributed by atoms with van der Waals surface area (Å²) in [6.07, 6.45) is 12.5. The van der Waals surface area contributed by atoms with Gasteiger partial charge in [0.2, 0.25) is 0 Å². The number of hydrogen-bond donors (Lipinski definition) is 3. The molecule has 0 unspecified atom stereocenters. The number of aryl methyl sites for hydroxylation is 2. The second-order valence-electron chi connectivity index (χ2n) is 10.9. The Hall–Kier alpha value is -8.02. The highest BCUT2D eigenvalue weighted by molar-refractivity contribution is 6.00. The van der Waals surface area contributed by atoms with Crippen LogP contribution in [0.25, 0.3) is 23.3 Å². The van der Waals surface area contributed by atoms with Crippen LogP contribution < -0.4 is 11.5 Å². The summed E-state index contributed by atoms with van der Waals surface area (Å²) in [6.45, 7) is 2.53. The summed E-state index contributed by atoms with van der Waals surface area (Å²) in [6, 6.07) is 1.52. The van der Waals surface area contributed by atoms with E-state index < -0.39 is 18.4 Å². The molecule has 270 valence electrons. The molecule has 24 heteroatoms. The van der Waals surface area contributed by atoms with Gasteiger partial charge in [-0.1, -0.05) is 0 Å². The van der Waals surface area contributed by atoms with Crippen molar-refractivity contribution in [3.63, 3.8) is 0 Å². The lowest BCUT2D eigenvalue weighted by atomic mass is 10.2. The van der Waals surface area contributed by atoms with E-state index in [2.05, 4.69) is 70.8 Å². The SMILES string of the molecule is COC(=O)c1cnn(-c2cnccn2)c1/N=N/c1c(C)nn(-c2cc(-n3nc(C)c(/N=N/c4c(C(=O)CO)cnn4-c4cnccn4)c3N)ncn2)c1N. The van der Waals surface area contributed by atoms with Gasteiger partial charge in [0, 0.05) is 30.9 Å². The molecule has 0 radical (unpaired) electrons. The van der Waals surface area contributed by atoms with E-state index >= 15 is 0 Å². The fourth-order valence-electron chi connectivity index (χ4n) is 4.98. The molecule has 0 aromatic carbocycles. The van der Waals surface area contributed by atoms with Crippen LogP contribution in [-0.2, 0) is 4.74 Å². The number of nitrogens with two attached hydrogens (primary N) is 2. The Balaban J connectivity index is 1.21. The number of ether oxygens (including phenoxy) is 1. The summed E-state index contributed by atoms with van der Waals surface area (Å²) in [4.78, 5) is 50.1. The van der Waals surface area contributed by atoms with Crippen LogP contribution in [0, 0.1) is 13.8 Å². The van der Waals surface area contributed by atoms with Crippen molar-refractivity contribution in [2.24, 2.45) is 20.5 Å². The third-order valence-corrected chi connectivity index (χ3v) is 7.56. The molecule has 0 aliphatic carbocycles. The van der Waals surface area contributed by atoms with Gasteiger partial charge in [0.15, 0.2) is 63.7 Å². The number of aromatic nitrogens is 14. The minimum atomic E-state index is -0.777. The van der Waals surface area contributed by atoms with E-state index in [1.165, 1.54) is 87.8 Å². The zero-order chi connectivity index (χ0) is 37.9. The zero-order valence-corrected chi connectivity index (χ0v) is 28.4. The average molecular weight is 731 g/mol. The number of ketones is 1. The summed E-state index contributed by atoms with van der Waals surface area (Å²) in [5, 5.41) is 44.0. The van der Waals surface area contributed by atoms with Gasteiger partial charge in [0.25, 0.3) is 0 Å². The molecule has 7 aromatic rings. The van der Waals surface area contributed by atoms with Crippen molar-refractivity contribution in [2.75, 3.05) is 25.2 Å². The van der Waals surface area contributed by atoms with Crippen LogP contribution in [0.1, 0.15) is 32.1 Å². The summed E-state index contributed by atoms with van der Waals surface area (Å²) in [5.74, 6) is -0.246. The number of rotatable bonds is 11. The van der Waals surface area contributed by atoms with Crippen LogP contribution in [0.15, 0.2) is 82.4 Å². The number of carbonyl (C=O) groups is 2. The predicted molar refractivity (Wildman–Crippen MR) is 184 cm³/mol. The second kappa shape index (κ2) is 14.3. The number of aliphatic hydroxyl groups excluding tert-OH is 1. The van der Waals surface area contributed by atoms with Gasteiger partial charge in [-0.3, -0.25) is 14.8 Å². The van der Waals surface area contributed by atoms with Crippen LogP contribution in [0.3, 0.4) is 0 Å². The molecule has 0 atom stereocenters. The lowest BCUT2D eigenvalue weighted by Crippen LogP contribution is -2.09. The molecule has 0 saturated heterocycles. The number of azo groups is 2. The second-order valence-corrected chi connectivity index (χ2v) is 10.9. The molecular weight excluding hydrogens is 704 g/mol. The van der Waals surface area contributed by atoms with Crippen LogP contribution in [0.5, 0.6) is 0 Å². The van der Waals surface area contributed by atoms with Crippen molar-refractivity contribution in [1.82, 2.24) is 69.0 Å². The number of anilines is 2. The van der Waals surface area contributed by atoms with Gasteiger partial charge in [-0.25, -0.2) is 24.7 Å². The molecule has 0 saturated carbocycles. The monoisotopic (exact) mass is 730 g/mol. The summed E-state index contributed by atoms with van der Waals surface area (Å²) in [5.41, 5.74) is 14.1. The number of carbonyl (C=O) groups excluding carboxylic acids is 2.